The number of amides is 1. The minimum absolute atomic E-state index is 0.0725. The smallest absolute Gasteiger partial charge is 0.257 e. The number of hydrogen-bond acceptors (Lipinski definition) is 4. The Morgan fingerprint density at radius 2 is 2.05 bits per heavy atom. The summed E-state index contributed by atoms with van der Waals surface area (Å²) in [5.74, 6) is 0.263. The zero-order chi connectivity index (χ0) is 14.8. The van der Waals surface area contributed by atoms with Gasteiger partial charge in [0.15, 0.2) is 6.61 Å². The van der Waals surface area contributed by atoms with Crippen molar-refractivity contribution >= 4 is 5.91 Å². The van der Waals surface area contributed by atoms with Crippen LogP contribution in [0.25, 0.3) is 0 Å². The highest BCUT2D eigenvalue weighted by atomic mass is 16.5. The zero-order valence-electron chi connectivity index (χ0n) is 12.1. The molecule has 0 fully saturated rings. The highest BCUT2D eigenvalue weighted by Crippen LogP contribution is 2.15. The van der Waals surface area contributed by atoms with Crippen LogP contribution in [-0.2, 0) is 4.79 Å². The summed E-state index contributed by atoms with van der Waals surface area (Å²) in [6.45, 7) is 7.48. The number of likely N-dealkylation sites (N-methyl/N-ethyl adjacent to an activating group) is 1. The number of nitriles is 1. The van der Waals surface area contributed by atoms with Gasteiger partial charge in [0.05, 0.1) is 5.56 Å². The summed E-state index contributed by atoms with van der Waals surface area (Å²) in [6.07, 6.45) is 0. The van der Waals surface area contributed by atoms with Crippen LogP contribution in [0.5, 0.6) is 5.75 Å². The van der Waals surface area contributed by atoms with Crippen molar-refractivity contribution in [3.8, 4) is 11.8 Å². The molecule has 0 radical (unpaired) electrons. The standard InChI is InChI=1S/C15H21N3O2/c1-3-18(4-2)10-9-17-15(19)12-20-14-8-6-5-7-13(14)11-16/h5-8H,3-4,9-10,12H2,1-2H3,(H,17,19). The Balaban J connectivity index is 2.32. The van der Waals surface area contributed by atoms with Gasteiger partial charge in [-0.3, -0.25) is 4.79 Å². The summed E-state index contributed by atoms with van der Waals surface area (Å²) in [5.41, 5.74) is 0.434. The van der Waals surface area contributed by atoms with E-state index in [1.165, 1.54) is 0 Å². The van der Waals surface area contributed by atoms with Crippen LogP contribution in [0.3, 0.4) is 0 Å². The fourth-order valence-electron chi connectivity index (χ4n) is 1.77. The Bertz CT molecular complexity index is 464. The summed E-state index contributed by atoms with van der Waals surface area (Å²) >= 11 is 0. The Morgan fingerprint density at radius 1 is 1.35 bits per heavy atom. The number of nitrogens with zero attached hydrogens (tertiary/aromatic N) is 2. The van der Waals surface area contributed by atoms with E-state index in [0.717, 1.165) is 19.6 Å². The molecule has 1 amide bonds. The lowest BCUT2D eigenvalue weighted by Gasteiger charge is -2.18. The van der Waals surface area contributed by atoms with Crippen molar-refractivity contribution in [2.24, 2.45) is 0 Å². The van der Waals surface area contributed by atoms with Crippen LogP contribution in [0.15, 0.2) is 24.3 Å². The second-order valence-electron chi connectivity index (χ2n) is 4.27. The van der Waals surface area contributed by atoms with Crippen LogP contribution < -0.4 is 10.1 Å². The molecule has 0 spiro atoms. The fourth-order valence-corrected chi connectivity index (χ4v) is 1.77. The van der Waals surface area contributed by atoms with Gasteiger partial charge in [0.1, 0.15) is 11.8 Å². The number of para-hydroxylation sites is 1. The Labute approximate surface area is 120 Å². The van der Waals surface area contributed by atoms with E-state index in [-0.39, 0.29) is 12.5 Å². The van der Waals surface area contributed by atoms with Crippen LogP contribution in [0.1, 0.15) is 19.4 Å². The van der Waals surface area contributed by atoms with Crippen LogP contribution in [0.4, 0.5) is 0 Å². The second kappa shape index (κ2) is 8.94. The highest BCUT2D eigenvalue weighted by molar-refractivity contribution is 5.77. The van der Waals surface area contributed by atoms with Gasteiger partial charge in [-0.2, -0.15) is 5.26 Å². The van der Waals surface area contributed by atoms with Crippen molar-refractivity contribution in [1.29, 1.82) is 5.26 Å². The van der Waals surface area contributed by atoms with Crippen LogP contribution in [-0.4, -0.2) is 43.6 Å². The van der Waals surface area contributed by atoms with E-state index >= 15 is 0 Å². The molecule has 5 nitrogen and oxygen atoms in total. The average Bonchev–Trinajstić information content (AvgIpc) is 2.49. The maximum Gasteiger partial charge on any atom is 0.257 e. The predicted molar refractivity (Wildman–Crippen MR) is 77.4 cm³/mol. The van der Waals surface area contributed by atoms with Crippen LogP contribution in [0, 0.1) is 11.3 Å². The molecule has 1 N–H and O–H groups in total. The van der Waals surface area contributed by atoms with Gasteiger partial charge in [-0.25, -0.2) is 0 Å². The molecule has 20 heavy (non-hydrogen) atoms. The summed E-state index contributed by atoms with van der Waals surface area (Å²) in [7, 11) is 0. The zero-order valence-corrected chi connectivity index (χ0v) is 12.1. The summed E-state index contributed by atoms with van der Waals surface area (Å²) in [6, 6.07) is 8.90. The molecule has 0 heterocycles. The molecule has 0 bridgehead atoms. The van der Waals surface area contributed by atoms with Gasteiger partial charge >= 0.3 is 0 Å². The molecule has 1 aromatic carbocycles. The van der Waals surface area contributed by atoms with E-state index < -0.39 is 0 Å². The van der Waals surface area contributed by atoms with Crippen molar-refractivity contribution in [1.82, 2.24) is 10.2 Å². The molecule has 0 aliphatic heterocycles. The van der Waals surface area contributed by atoms with Crippen molar-refractivity contribution in [2.45, 2.75) is 13.8 Å². The maximum absolute atomic E-state index is 11.6. The van der Waals surface area contributed by atoms with Gasteiger partial charge < -0.3 is 15.0 Å². The second-order valence-corrected chi connectivity index (χ2v) is 4.27. The van der Waals surface area contributed by atoms with Gasteiger partial charge in [-0.05, 0) is 25.2 Å². The number of carbonyl (C=O) groups is 1. The number of ether oxygens (including phenoxy) is 1. The van der Waals surface area contributed by atoms with E-state index in [1.54, 1.807) is 24.3 Å². The normalized spacial score (nSPS) is 10.1. The quantitative estimate of drug-likeness (QED) is 0.778. The third kappa shape index (κ3) is 5.29. The number of benzene rings is 1. The molecular formula is C15H21N3O2. The third-order valence-corrected chi connectivity index (χ3v) is 3.01. The monoisotopic (exact) mass is 275 g/mol. The SMILES string of the molecule is CCN(CC)CCNC(=O)COc1ccccc1C#N. The Hall–Kier alpha value is -2.06. The summed E-state index contributed by atoms with van der Waals surface area (Å²) in [5, 5.41) is 11.7. The summed E-state index contributed by atoms with van der Waals surface area (Å²) in [4.78, 5) is 13.9. The Morgan fingerprint density at radius 3 is 2.70 bits per heavy atom. The van der Waals surface area contributed by atoms with Crippen LogP contribution >= 0.6 is 0 Å². The molecule has 0 atom stereocenters. The highest BCUT2D eigenvalue weighted by Gasteiger charge is 2.06. The van der Waals surface area contributed by atoms with Gasteiger partial charge in [0.2, 0.25) is 0 Å². The first-order chi connectivity index (χ1) is 9.71. The topological polar surface area (TPSA) is 65.4 Å². The lowest BCUT2D eigenvalue weighted by molar-refractivity contribution is -0.123. The minimum atomic E-state index is -0.176. The first kappa shape index (κ1) is 16.0. The van der Waals surface area contributed by atoms with Gasteiger partial charge in [0.25, 0.3) is 5.91 Å². The molecule has 5 heteroatoms. The first-order valence-corrected chi connectivity index (χ1v) is 6.82. The van der Waals surface area contributed by atoms with Crippen molar-refractivity contribution < 1.29 is 9.53 Å². The minimum Gasteiger partial charge on any atom is -0.482 e. The van der Waals surface area contributed by atoms with E-state index in [0.29, 0.717) is 17.9 Å². The third-order valence-electron chi connectivity index (χ3n) is 3.01. The molecule has 0 aliphatic rings. The average molecular weight is 275 g/mol. The van der Waals surface area contributed by atoms with Crippen molar-refractivity contribution in [2.75, 3.05) is 32.8 Å². The number of hydrogen-bond donors (Lipinski definition) is 1. The lowest BCUT2D eigenvalue weighted by atomic mass is 10.2. The maximum atomic E-state index is 11.6. The largest absolute Gasteiger partial charge is 0.482 e. The number of nitrogens with one attached hydrogen (secondary N) is 1. The number of rotatable bonds is 8. The van der Waals surface area contributed by atoms with E-state index in [9.17, 15) is 4.79 Å². The van der Waals surface area contributed by atoms with Crippen LogP contribution in [0.2, 0.25) is 0 Å². The predicted octanol–water partition coefficient (Wildman–Crippen LogP) is 1.40. The molecular weight excluding hydrogens is 254 g/mol. The van der Waals surface area contributed by atoms with Gasteiger partial charge in [-0.15, -0.1) is 0 Å². The lowest BCUT2D eigenvalue weighted by Crippen LogP contribution is -2.36. The van der Waals surface area contributed by atoms with Crippen molar-refractivity contribution in [3.63, 3.8) is 0 Å². The molecule has 1 aromatic rings. The molecule has 0 unspecified atom stereocenters. The Kier molecular flexibility index (Phi) is 7.15. The first-order valence-electron chi connectivity index (χ1n) is 6.82. The van der Waals surface area contributed by atoms with E-state index in [4.69, 9.17) is 10.00 Å². The molecule has 0 aromatic heterocycles. The van der Waals surface area contributed by atoms with Gasteiger partial charge in [0, 0.05) is 13.1 Å². The van der Waals surface area contributed by atoms with E-state index in [1.807, 2.05) is 6.07 Å². The molecule has 108 valence electrons. The molecule has 0 saturated carbocycles. The molecule has 0 aliphatic carbocycles. The number of carbonyl (C=O) groups excluding carboxylic acids is 1. The molecule has 0 saturated heterocycles. The van der Waals surface area contributed by atoms with Gasteiger partial charge in [-0.1, -0.05) is 26.0 Å². The van der Waals surface area contributed by atoms with E-state index in [2.05, 4.69) is 24.1 Å². The summed E-state index contributed by atoms with van der Waals surface area (Å²) < 4.78 is 5.35. The fraction of sp³-hybridized carbons (Fsp3) is 0.467. The van der Waals surface area contributed by atoms with Crippen molar-refractivity contribution in [3.05, 3.63) is 29.8 Å². The molecule has 1 rings (SSSR count).